The lowest BCUT2D eigenvalue weighted by molar-refractivity contribution is 0.539. The Morgan fingerprint density at radius 2 is 1.71 bits per heavy atom. The standard InChI is InChI=1S/C14H9BrF2N4/c15-8-9-6-11(16)13(12(17)7-9)21-19-14(18-20-21)10-4-2-1-3-5-10/h1-7H,8H2. The zero-order valence-electron chi connectivity index (χ0n) is 10.7. The van der Waals surface area contributed by atoms with Crippen molar-refractivity contribution in [1.82, 2.24) is 20.2 Å². The van der Waals surface area contributed by atoms with E-state index >= 15 is 0 Å². The quantitative estimate of drug-likeness (QED) is 0.679. The van der Waals surface area contributed by atoms with E-state index in [-0.39, 0.29) is 5.69 Å². The van der Waals surface area contributed by atoms with Crippen LogP contribution in [0.1, 0.15) is 5.56 Å². The molecule has 0 N–H and O–H groups in total. The third-order valence-corrected chi connectivity index (χ3v) is 3.52. The predicted molar refractivity (Wildman–Crippen MR) is 77.1 cm³/mol. The van der Waals surface area contributed by atoms with Gasteiger partial charge in [0.15, 0.2) is 17.3 Å². The fraction of sp³-hybridized carbons (Fsp3) is 0.0714. The average molecular weight is 351 g/mol. The molecule has 0 amide bonds. The molecule has 3 aromatic rings. The van der Waals surface area contributed by atoms with Gasteiger partial charge < -0.3 is 0 Å². The molecule has 0 saturated carbocycles. The molecule has 0 bridgehead atoms. The van der Waals surface area contributed by atoms with E-state index in [1.807, 2.05) is 18.2 Å². The maximum atomic E-state index is 14.0. The summed E-state index contributed by atoms with van der Waals surface area (Å²) in [7, 11) is 0. The maximum absolute atomic E-state index is 14.0. The minimum Gasteiger partial charge on any atom is -0.204 e. The number of halogens is 3. The highest BCUT2D eigenvalue weighted by atomic mass is 79.9. The molecule has 0 spiro atoms. The summed E-state index contributed by atoms with van der Waals surface area (Å²) >= 11 is 3.16. The van der Waals surface area contributed by atoms with Gasteiger partial charge in [-0.15, -0.1) is 15.0 Å². The Morgan fingerprint density at radius 1 is 1.05 bits per heavy atom. The third kappa shape index (κ3) is 2.69. The smallest absolute Gasteiger partial charge is 0.204 e. The molecule has 21 heavy (non-hydrogen) atoms. The van der Waals surface area contributed by atoms with E-state index in [1.54, 1.807) is 12.1 Å². The molecule has 106 valence electrons. The number of benzene rings is 2. The molecule has 0 unspecified atom stereocenters. The highest BCUT2D eigenvalue weighted by molar-refractivity contribution is 9.08. The SMILES string of the molecule is Fc1cc(CBr)cc(F)c1-n1nnc(-c2ccccc2)n1. The van der Waals surface area contributed by atoms with Gasteiger partial charge in [-0.2, -0.15) is 0 Å². The molecular weight excluding hydrogens is 342 g/mol. The number of aromatic nitrogens is 4. The summed E-state index contributed by atoms with van der Waals surface area (Å²) in [4.78, 5) is 0.866. The highest BCUT2D eigenvalue weighted by Crippen LogP contribution is 2.21. The van der Waals surface area contributed by atoms with Crippen LogP contribution in [0.4, 0.5) is 8.78 Å². The van der Waals surface area contributed by atoms with E-state index < -0.39 is 11.6 Å². The Morgan fingerprint density at radius 3 is 2.33 bits per heavy atom. The van der Waals surface area contributed by atoms with Crippen molar-refractivity contribution in [1.29, 1.82) is 0 Å². The van der Waals surface area contributed by atoms with Gasteiger partial charge in [-0.3, -0.25) is 0 Å². The lowest BCUT2D eigenvalue weighted by Crippen LogP contribution is -2.06. The second-order valence-corrected chi connectivity index (χ2v) is 4.87. The molecule has 7 heteroatoms. The van der Waals surface area contributed by atoms with Crippen LogP contribution in [-0.4, -0.2) is 20.2 Å². The Bertz CT molecular complexity index is 751. The molecule has 0 aliphatic rings. The van der Waals surface area contributed by atoms with Crippen LogP contribution in [0.5, 0.6) is 0 Å². The normalized spacial score (nSPS) is 10.8. The van der Waals surface area contributed by atoms with E-state index in [2.05, 4.69) is 31.3 Å². The molecule has 0 atom stereocenters. The van der Waals surface area contributed by atoms with Crippen molar-refractivity contribution in [2.75, 3.05) is 0 Å². The van der Waals surface area contributed by atoms with Crippen LogP contribution in [0.25, 0.3) is 17.1 Å². The first-order chi connectivity index (χ1) is 10.2. The van der Waals surface area contributed by atoms with Crippen molar-refractivity contribution in [3.05, 3.63) is 59.7 Å². The largest absolute Gasteiger partial charge is 0.205 e. The summed E-state index contributed by atoms with van der Waals surface area (Å²) in [5.41, 5.74) is 0.883. The van der Waals surface area contributed by atoms with Gasteiger partial charge in [0.1, 0.15) is 0 Å². The Balaban J connectivity index is 2.05. The fourth-order valence-electron chi connectivity index (χ4n) is 1.90. The molecule has 3 rings (SSSR count). The van der Waals surface area contributed by atoms with Crippen LogP contribution in [0.2, 0.25) is 0 Å². The topological polar surface area (TPSA) is 43.6 Å². The predicted octanol–water partition coefficient (Wildman–Crippen LogP) is 3.50. The zero-order chi connectivity index (χ0) is 14.8. The highest BCUT2D eigenvalue weighted by Gasteiger charge is 2.16. The number of nitrogens with zero attached hydrogens (tertiary/aromatic N) is 4. The van der Waals surface area contributed by atoms with Crippen LogP contribution in [0, 0.1) is 11.6 Å². The first-order valence-electron chi connectivity index (χ1n) is 6.08. The van der Waals surface area contributed by atoms with Crippen molar-refractivity contribution in [3.8, 4) is 17.1 Å². The second kappa shape index (κ2) is 5.69. The van der Waals surface area contributed by atoms with Crippen molar-refractivity contribution >= 4 is 15.9 Å². The fourth-order valence-corrected chi connectivity index (χ4v) is 2.22. The molecule has 0 aliphatic carbocycles. The molecule has 0 radical (unpaired) electrons. The summed E-state index contributed by atoms with van der Waals surface area (Å²) in [6.45, 7) is 0. The average Bonchev–Trinajstić information content (AvgIpc) is 2.97. The number of rotatable bonds is 3. The molecule has 2 aromatic carbocycles. The Hall–Kier alpha value is -2.15. The first-order valence-corrected chi connectivity index (χ1v) is 7.21. The summed E-state index contributed by atoms with van der Waals surface area (Å²) in [6, 6.07) is 11.6. The molecular formula is C14H9BrF2N4. The van der Waals surface area contributed by atoms with Gasteiger partial charge in [-0.25, -0.2) is 8.78 Å². The monoisotopic (exact) mass is 350 g/mol. The summed E-state index contributed by atoms with van der Waals surface area (Å²) in [5, 5.41) is 11.9. The molecule has 1 aromatic heterocycles. The van der Waals surface area contributed by atoms with E-state index in [0.29, 0.717) is 16.7 Å². The van der Waals surface area contributed by atoms with Crippen LogP contribution < -0.4 is 0 Å². The summed E-state index contributed by atoms with van der Waals surface area (Å²) < 4.78 is 28.0. The van der Waals surface area contributed by atoms with Gasteiger partial charge in [-0.05, 0) is 22.9 Å². The van der Waals surface area contributed by atoms with Crippen LogP contribution in [0.15, 0.2) is 42.5 Å². The van der Waals surface area contributed by atoms with Crippen LogP contribution in [-0.2, 0) is 5.33 Å². The lowest BCUT2D eigenvalue weighted by Gasteiger charge is -2.04. The van der Waals surface area contributed by atoms with Gasteiger partial charge in [-0.1, -0.05) is 46.3 Å². The summed E-state index contributed by atoms with van der Waals surface area (Å²) in [5.74, 6) is -1.16. The van der Waals surface area contributed by atoms with Crippen molar-refractivity contribution < 1.29 is 8.78 Å². The van der Waals surface area contributed by atoms with Gasteiger partial charge in [0.05, 0.1) is 0 Å². The third-order valence-electron chi connectivity index (χ3n) is 2.88. The Labute approximate surface area is 127 Å². The van der Waals surface area contributed by atoms with Gasteiger partial charge in [0.2, 0.25) is 5.82 Å². The van der Waals surface area contributed by atoms with Crippen LogP contribution in [0.3, 0.4) is 0 Å². The summed E-state index contributed by atoms with van der Waals surface area (Å²) in [6.07, 6.45) is 0. The molecule has 0 aliphatic heterocycles. The molecule has 0 fully saturated rings. The second-order valence-electron chi connectivity index (χ2n) is 4.31. The van der Waals surface area contributed by atoms with Crippen LogP contribution >= 0.6 is 15.9 Å². The lowest BCUT2D eigenvalue weighted by atomic mass is 10.2. The van der Waals surface area contributed by atoms with Gasteiger partial charge in [0.25, 0.3) is 0 Å². The number of alkyl halides is 1. The Kier molecular flexibility index (Phi) is 3.74. The van der Waals surface area contributed by atoms with Gasteiger partial charge in [0, 0.05) is 10.9 Å². The minimum atomic E-state index is -0.735. The van der Waals surface area contributed by atoms with Crippen molar-refractivity contribution in [2.45, 2.75) is 5.33 Å². The number of hydrogen-bond donors (Lipinski definition) is 0. The maximum Gasteiger partial charge on any atom is 0.205 e. The van der Waals surface area contributed by atoms with E-state index in [4.69, 9.17) is 0 Å². The zero-order valence-corrected chi connectivity index (χ0v) is 12.3. The molecule has 1 heterocycles. The van der Waals surface area contributed by atoms with Crippen molar-refractivity contribution in [3.63, 3.8) is 0 Å². The van der Waals surface area contributed by atoms with E-state index in [9.17, 15) is 8.78 Å². The van der Waals surface area contributed by atoms with Gasteiger partial charge >= 0.3 is 0 Å². The number of hydrogen-bond acceptors (Lipinski definition) is 3. The van der Waals surface area contributed by atoms with E-state index in [1.165, 1.54) is 12.1 Å². The van der Waals surface area contributed by atoms with Crippen molar-refractivity contribution in [2.24, 2.45) is 0 Å². The van der Waals surface area contributed by atoms with E-state index in [0.717, 1.165) is 10.4 Å². The number of tetrazole rings is 1. The molecule has 0 saturated heterocycles. The minimum absolute atomic E-state index is 0.305. The first kappa shape index (κ1) is 13.8. The molecule has 4 nitrogen and oxygen atoms in total.